The fraction of sp³-hybridized carbons (Fsp3) is 0.538. The van der Waals surface area contributed by atoms with E-state index in [1.54, 1.807) is 7.11 Å². The van der Waals surface area contributed by atoms with Crippen LogP contribution in [-0.4, -0.2) is 31.2 Å². The van der Waals surface area contributed by atoms with Crippen molar-refractivity contribution in [2.75, 3.05) is 26.0 Å². The van der Waals surface area contributed by atoms with Crippen molar-refractivity contribution < 1.29 is 4.74 Å². The smallest absolute Gasteiger partial charge is 0.0615 e. The normalized spacial score (nSPS) is 13.0. The molecular formula is C13H21BrN2O. The molecule has 0 aromatic heterocycles. The van der Waals surface area contributed by atoms with Gasteiger partial charge in [-0.15, -0.1) is 0 Å². The van der Waals surface area contributed by atoms with Gasteiger partial charge in [0.2, 0.25) is 0 Å². The Kier molecular flexibility index (Phi) is 5.95. The number of ether oxygens (including phenoxy) is 1. The molecule has 0 aliphatic carbocycles. The summed E-state index contributed by atoms with van der Waals surface area (Å²) < 4.78 is 6.21. The Morgan fingerprint density at radius 2 is 2.18 bits per heavy atom. The zero-order valence-electron chi connectivity index (χ0n) is 10.7. The summed E-state index contributed by atoms with van der Waals surface area (Å²) in [5.74, 6) is 0. The van der Waals surface area contributed by atoms with Gasteiger partial charge in [-0.05, 0) is 31.2 Å². The minimum Gasteiger partial charge on any atom is -0.398 e. The highest BCUT2D eigenvalue weighted by molar-refractivity contribution is 9.10. The fourth-order valence-electron chi connectivity index (χ4n) is 1.85. The molecule has 1 unspecified atom stereocenters. The summed E-state index contributed by atoms with van der Waals surface area (Å²) in [5, 5.41) is 0. The van der Waals surface area contributed by atoms with Crippen LogP contribution in [0.4, 0.5) is 5.69 Å². The average molecular weight is 301 g/mol. The van der Waals surface area contributed by atoms with Gasteiger partial charge in [0.05, 0.1) is 6.61 Å². The summed E-state index contributed by atoms with van der Waals surface area (Å²) >= 11 is 3.42. The molecule has 96 valence electrons. The number of anilines is 1. The molecule has 0 radical (unpaired) electrons. The lowest BCUT2D eigenvalue weighted by molar-refractivity contribution is 0.0983. The number of methoxy groups -OCH3 is 1. The molecule has 0 aliphatic rings. The van der Waals surface area contributed by atoms with Crippen LogP contribution >= 0.6 is 15.9 Å². The number of nitrogen functional groups attached to an aromatic ring is 1. The van der Waals surface area contributed by atoms with Gasteiger partial charge < -0.3 is 10.5 Å². The molecule has 1 aromatic carbocycles. The third-order valence-electron chi connectivity index (χ3n) is 2.92. The predicted octanol–water partition coefficient (Wildman–Crippen LogP) is 2.89. The average Bonchev–Trinajstić information content (AvgIpc) is 2.28. The van der Waals surface area contributed by atoms with Gasteiger partial charge in [0.25, 0.3) is 0 Å². The van der Waals surface area contributed by atoms with Gasteiger partial charge in [0.15, 0.2) is 0 Å². The second-order valence-electron chi connectivity index (χ2n) is 4.21. The maximum absolute atomic E-state index is 6.01. The number of benzene rings is 1. The summed E-state index contributed by atoms with van der Waals surface area (Å²) in [6.45, 7) is 6.91. The third-order valence-corrected chi connectivity index (χ3v) is 3.41. The number of nitrogens with two attached hydrogens (primary N) is 1. The van der Waals surface area contributed by atoms with Crippen LogP contribution < -0.4 is 5.73 Å². The third kappa shape index (κ3) is 4.30. The summed E-state index contributed by atoms with van der Waals surface area (Å²) in [6, 6.07) is 6.44. The van der Waals surface area contributed by atoms with Crippen LogP contribution in [0.3, 0.4) is 0 Å². The second-order valence-corrected chi connectivity index (χ2v) is 5.13. The Balaban J connectivity index is 2.73. The van der Waals surface area contributed by atoms with E-state index in [0.29, 0.717) is 6.04 Å². The lowest BCUT2D eigenvalue weighted by atomic mass is 10.1. The summed E-state index contributed by atoms with van der Waals surface area (Å²) in [7, 11) is 1.73. The number of likely N-dealkylation sites (N-methyl/N-ethyl adjacent to an activating group) is 1. The molecule has 1 aromatic rings. The van der Waals surface area contributed by atoms with Gasteiger partial charge in [-0.2, -0.15) is 0 Å². The van der Waals surface area contributed by atoms with E-state index in [4.69, 9.17) is 10.5 Å². The monoisotopic (exact) mass is 300 g/mol. The molecule has 3 nitrogen and oxygen atoms in total. The molecule has 1 atom stereocenters. The predicted molar refractivity (Wildman–Crippen MR) is 76.0 cm³/mol. The molecule has 2 N–H and O–H groups in total. The highest BCUT2D eigenvalue weighted by Crippen LogP contribution is 2.20. The van der Waals surface area contributed by atoms with Crippen LogP contribution in [0.2, 0.25) is 0 Å². The van der Waals surface area contributed by atoms with Crippen molar-refractivity contribution in [3.63, 3.8) is 0 Å². The largest absolute Gasteiger partial charge is 0.398 e. The van der Waals surface area contributed by atoms with E-state index in [1.165, 1.54) is 0 Å². The number of hydrogen-bond acceptors (Lipinski definition) is 3. The maximum atomic E-state index is 6.01. The first-order valence-electron chi connectivity index (χ1n) is 5.85. The van der Waals surface area contributed by atoms with Crippen LogP contribution in [-0.2, 0) is 11.3 Å². The van der Waals surface area contributed by atoms with E-state index < -0.39 is 0 Å². The molecule has 0 bridgehead atoms. The van der Waals surface area contributed by atoms with Crippen LogP contribution in [0, 0.1) is 0 Å². The lowest BCUT2D eigenvalue weighted by Crippen LogP contribution is -2.35. The fourth-order valence-corrected chi connectivity index (χ4v) is 2.23. The van der Waals surface area contributed by atoms with Crippen molar-refractivity contribution in [1.82, 2.24) is 4.90 Å². The summed E-state index contributed by atoms with van der Waals surface area (Å²) in [4.78, 5) is 2.35. The molecule has 0 amide bonds. The van der Waals surface area contributed by atoms with Crippen LogP contribution in [0.1, 0.15) is 19.4 Å². The first kappa shape index (κ1) is 14.5. The minimum atomic E-state index is 0.396. The standard InChI is InChI=1S/C13H21BrN2O/c1-4-16(10(2)9-17-3)8-11-5-6-12(14)7-13(11)15/h5-7,10H,4,8-9,15H2,1-3H3. The maximum Gasteiger partial charge on any atom is 0.0615 e. The number of halogens is 1. The Labute approximate surface area is 112 Å². The first-order chi connectivity index (χ1) is 8.08. The zero-order chi connectivity index (χ0) is 12.8. The quantitative estimate of drug-likeness (QED) is 0.821. The van der Waals surface area contributed by atoms with Crippen molar-refractivity contribution in [3.05, 3.63) is 28.2 Å². The molecule has 17 heavy (non-hydrogen) atoms. The van der Waals surface area contributed by atoms with Crippen molar-refractivity contribution in [1.29, 1.82) is 0 Å². The molecule has 0 aliphatic heterocycles. The van der Waals surface area contributed by atoms with Crippen molar-refractivity contribution in [3.8, 4) is 0 Å². The van der Waals surface area contributed by atoms with Crippen molar-refractivity contribution in [2.24, 2.45) is 0 Å². The van der Waals surface area contributed by atoms with Gasteiger partial charge in [-0.25, -0.2) is 0 Å². The number of rotatable bonds is 6. The molecule has 0 saturated heterocycles. The van der Waals surface area contributed by atoms with E-state index >= 15 is 0 Å². The zero-order valence-corrected chi connectivity index (χ0v) is 12.3. The minimum absolute atomic E-state index is 0.396. The van der Waals surface area contributed by atoms with Crippen LogP contribution in [0.25, 0.3) is 0 Å². The SMILES string of the molecule is CCN(Cc1ccc(Br)cc1N)C(C)COC. The highest BCUT2D eigenvalue weighted by Gasteiger charge is 2.13. The van der Waals surface area contributed by atoms with Crippen molar-refractivity contribution >= 4 is 21.6 Å². The van der Waals surface area contributed by atoms with Gasteiger partial charge in [0.1, 0.15) is 0 Å². The Bertz CT molecular complexity index is 357. The van der Waals surface area contributed by atoms with Gasteiger partial charge >= 0.3 is 0 Å². The van der Waals surface area contributed by atoms with E-state index in [1.807, 2.05) is 12.1 Å². The van der Waals surface area contributed by atoms with Gasteiger partial charge in [0, 0.05) is 29.9 Å². The molecule has 0 fully saturated rings. The second kappa shape index (κ2) is 6.99. The van der Waals surface area contributed by atoms with E-state index in [9.17, 15) is 0 Å². The van der Waals surface area contributed by atoms with Gasteiger partial charge in [-0.1, -0.05) is 28.9 Å². The molecular weight excluding hydrogens is 280 g/mol. The van der Waals surface area contributed by atoms with Gasteiger partial charge in [-0.3, -0.25) is 4.90 Å². The van der Waals surface area contributed by atoms with Crippen molar-refractivity contribution in [2.45, 2.75) is 26.4 Å². The molecule has 0 spiro atoms. The first-order valence-corrected chi connectivity index (χ1v) is 6.64. The van der Waals surface area contributed by atoms with Crippen LogP contribution in [0.5, 0.6) is 0 Å². The number of nitrogens with zero attached hydrogens (tertiary/aromatic N) is 1. The van der Waals surface area contributed by atoms with E-state index in [-0.39, 0.29) is 0 Å². The molecule has 4 heteroatoms. The Hall–Kier alpha value is -0.580. The number of hydrogen-bond donors (Lipinski definition) is 1. The molecule has 0 saturated carbocycles. The molecule has 0 heterocycles. The Morgan fingerprint density at radius 3 is 2.71 bits per heavy atom. The lowest BCUT2D eigenvalue weighted by Gasteiger charge is -2.27. The van der Waals surface area contributed by atoms with E-state index in [0.717, 1.165) is 35.4 Å². The van der Waals surface area contributed by atoms with Crippen LogP contribution in [0.15, 0.2) is 22.7 Å². The summed E-state index contributed by atoms with van der Waals surface area (Å²) in [5.41, 5.74) is 8.01. The topological polar surface area (TPSA) is 38.5 Å². The van der Waals surface area contributed by atoms with E-state index in [2.05, 4.69) is 40.7 Å². The Morgan fingerprint density at radius 1 is 1.47 bits per heavy atom. The molecule has 1 rings (SSSR count). The summed E-state index contributed by atoms with van der Waals surface area (Å²) in [6.07, 6.45) is 0. The highest BCUT2D eigenvalue weighted by atomic mass is 79.9.